The number of hydrogen-bond donors (Lipinski definition) is 2. The summed E-state index contributed by atoms with van der Waals surface area (Å²) in [6.45, 7) is 3.45. The number of carbonyl (C=O) groups excluding carboxylic acids is 1. The van der Waals surface area contributed by atoms with Crippen LogP contribution in [0.15, 0.2) is 65.7 Å². The van der Waals surface area contributed by atoms with Crippen molar-refractivity contribution in [3.63, 3.8) is 0 Å². The van der Waals surface area contributed by atoms with Crippen molar-refractivity contribution >= 4 is 92.3 Å². The maximum absolute atomic E-state index is 11.7. The van der Waals surface area contributed by atoms with Crippen LogP contribution >= 0.6 is 0 Å². The van der Waals surface area contributed by atoms with Crippen LogP contribution in [-0.4, -0.2) is 97.1 Å². The molecule has 0 saturated carbocycles. The SMILES string of the molecule is CCC[C@@H](C(=O)Nc1ccccc1)S(=O)(=O)O.CCC[C@@H](C([O-])=Nc1ccccc1)S(=O)(=O)[O-].[Ba+2]. The van der Waals surface area contributed by atoms with E-state index in [0.717, 1.165) is 0 Å². The largest absolute Gasteiger partial charge is 2.00 e. The summed E-state index contributed by atoms with van der Waals surface area (Å²) in [4.78, 5) is 15.3. The van der Waals surface area contributed by atoms with Gasteiger partial charge in [-0.1, -0.05) is 63.1 Å². The first-order valence-electron chi connectivity index (χ1n) is 10.5. The van der Waals surface area contributed by atoms with Gasteiger partial charge in [0.15, 0.2) is 5.25 Å². The molecular weight excluding hydrogens is 622 g/mol. The number of rotatable bonds is 10. The average molecular weight is 650 g/mol. The van der Waals surface area contributed by atoms with Gasteiger partial charge in [-0.2, -0.15) is 8.42 Å². The summed E-state index contributed by atoms with van der Waals surface area (Å²) < 4.78 is 63.8. The molecule has 2 aromatic rings. The summed E-state index contributed by atoms with van der Waals surface area (Å²) in [6.07, 6.45) is 1.02. The quantitative estimate of drug-likeness (QED) is 0.170. The van der Waals surface area contributed by atoms with Crippen molar-refractivity contribution in [3.8, 4) is 0 Å². The first-order chi connectivity index (χ1) is 15.9. The maximum atomic E-state index is 11.7. The maximum Gasteiger partial charge on any atom is 2.00 e. The minimum atomic E-state index is -4.64. The Bertz CT molecular complexity index is 1140. The van der Waals surface area contributed by atoms with Crippen LogP contribution in [0.25, 0.3) is 0 Å². The topological polar surface area (TPSA) is 176 Å². The van der Waals surface area contributed by atoms with E-state index in [9.17, 15) is 31.3 Å². The van der Waals surface area contributed by atoms with Crippen molar-refractivity contribution < 1.29 is 35.8 Å². The van der Waals surface area contributed by atoms with Crippen molar-refractivity contribution in [2.75, 3.05) is 5.32 Å². The van der Waals surface area contributed by atoms with Crippen LogP contribution < -0.4 is 10.4 Å². The van der Waals surface area contributed by atoms with Crippen LogP contribution in [0.4, 0.5) is 11.4 Å². The van der Waals surface area contributed by atoms with Gasteiger partial charge >= 0.3 is 48.9 Å². The van der Waals surface area contributed by atoms with E-state index in [0.29, 0.717) is 24.2 Å². The number of benzene rings is 2. The van der Waals surface area contributed by atoms with Gasteiger partial charge in [0.05, 0.1) is 10.9 Å². The second kappa shape index (κ2) is 16.5. The van der Waals surface area contributed by atoms with E-state index in [4.69, 9.17) is 4.55 Å². The van der Waals surface area contributed by atoms with Crippen LogP contribution in [-0.2, 0) is 25.0 Å². The Labute approximate surface area is 246 Å². The molecule has 10 nitrogen and oxygen atoms in total. The van der Waals surface area contributed by atoms with Crippen LogP contribution in [0, 0.1) is 0 Å². The molecule has 0 unspecified atom stereocenters. The number of nitrogens with zero attached hydrogens (tertiary/aromatic N) is 1. The van der Waals surface area contributed by atoms with E-state index in [2.05, 4.69) is 10.3 Å². The first kappa shape index (κ1) is 33.8. The molecule has 0 spiro atoms. The van der Waals surface area contributed by atoms with Gasteiger partial charge in [0.25, 0.3) is 10.1 Å². The summed E-state index contributed by atoms with van der Waals surface area (Å²) >= 11 is 0. The van der Waals surface area contributed by atoms with Gasteiger partial charge in [-0.25, -0.2) is 8.42 Å². The van der Waals surface area contributed by atoms with Crippen LogP contribution in [0.2, 0.25) is 0 Å². The molecule has 1 amide bonds. The Balaban J connectivity index is 0.000000642. The number of para-hydroxylation sites is 2. The summed E-state index contributed by atoms with van der Waals surface area (Å²) in [5.41, 5.74) is 0.851. The van der Waals surface area contributed by atoms with Gasteiger partial charge in [-0.15, -0.1) is 0 Å². The van der Waals surface area contributed by atoms with Gasteiger partial charge < -0.3 is 15.0 Å². The van der Waals surface area contributed by atoms with Crippen LogP contribution in [0.1, 0.15) is 39.5 Å². The number of hydrogen-bond acceptors (Lipinski definition) is 8. The van der Waals surface area contributed by atoms with Crippen molar-refractivity contribution in [2.24, 2.45) is 4.99 Å². The fourth-order valence-electron chi connectivity index (χ4n) is 2.78. The summed E-state index contributed by atoms with van der Waals surface area (Å²) in [7, 11) is -9.00. The van der Waals surface area contributed by atoms with Gasteiger partial charge in [-0.3, -0.25) is 14.3 Å². The normalized spacial score (nSPS) is 13.4. The molecule has 0 bridgehead atoms. The zero-order chi connectivity index (χ0) is 25.8. The molecule has 0 fully saturated rings. The van der Waals surface area contributed by atoms with Crippen LogP contribution in [0.3, 0.4) is 0 Å². The minimum absolute atomic E-state index is 0. The molecule has 2 rings (SSSR count). The fraction of sp³-hybridized carbons (Fsp3) is 0.364. The third-order valence-corrected chi connectivity index (χ3v) is 6.72. The molecule has 2 atom stereocenters. The standard InChI is InChI=1S/2C11H15NO4S.Ba/c2*1-2-6-10(17(14,15)16)11(13)12-9-7-4-3-5-8-9;/h2*3-5,7-8,10H,2,6H2,1H3,(H,12,13)(H,14,15,16);/q;;+2/p-2/t2*10-;/m00./s1. The summed E-state index contributed by atoms with van der Waals surface area (Å²) in [6, 6.07) is 16.7. The van der Waals surface area contributed by atoms with E-state index < -0.39 is 42.5 Å². The Morgan fingerprint density at radius 3 is 1.80 bits per heavy atom. The zero-order valence-corrected chi connectivity index (χ0v) is 25.6. The third-order valence-electron chi connectivity index (χ3n) is 4.41. The average Bonchev–Trinajstić information content (AvgIpc) is 2.76. The molecule has 0 aliphatic carbocycles. The first-order valence-corrected chi connectivity index (χ1v) is 13.4. The number of anilines is 1. The molecule has 0 aliphatic heterocycles. The van der Waals surface area contributed by atoms with E-state index in [-0.39, 0.29) is 61.7 Å². The Morgan fingerprint density at radius 1 is 0.914 bits per heavy atom. The zero-order valence-electron chi connectivity index (χ0n) is 19.5. The second-order valence-electron chi connectivity index (χ2n) is 7.20. The molecule has 13 heteroatoms. The monoisotopic (exact) mass is 650 g/mol. The van der Waals surface area contributed by atoms with E-state index in [1.54, 1.807) is 74.5 Å². The predicted octanol–water partition coefficient (Wildman–Crippen LogP) is 2.09. The molecule has 0 heterocycles. The molecule has 0 aliphatic rings. The number of amides is 1. The predicted molar refractivity (Wildman–Crippen MR) is 133 cm³/mol. The fourth-order valence-corrected chi connectivity index (χ4v) is 4.46. The minimum Gasteiger partial charge on any atom is -0.861 e. The van der Waals surface area contributed by atoms with E-state index in [1.165, 1.54) is 0 Å². The van der Waals surface area contributed by atoms with E-state index >= 15 is 0 Å². The number of carbonyl (C=O) groups is 1. The van der Waals surface area contributed by atoms with Crippen molar-refractivity contribution in [1.82, 2.24) is 0 Å². The number of aliphatic imine (C=N–C) groups is 1. The van der Waals surface area contributed by atoms with Gasteiger partial charge in [-0.05, 0) is 43.0 Å². The molecule has 35 heavy (non-hydrogen) atoms. The Hall–Kier alpha value is -1.23. The smallest absolute Gasteiger partial charge is 0.861 e. The Kier molecular flexibility index (Phi) is 15.9. The molecule has 0 radical (unpaired) electrons. The molecule has 2 N–H and O–H groups in total. The third kappa shape index (κ3) is 13.0. The molecule has 2 aromatic carbocycles. The van der Waals surface area contributed by atoms with E-state index in [1.807, 2.05) is 0 Å². The van der Waals surface area contributed by atoms with Crippen molar-refractivity contribution in [1.29, 1.82) is 0 Å². The van der Waals surface area contributed by atoms with Gasteiger partial charge in [0.2, 0.25) is 5.91 Å². The summed E-state index contributed by atoms with van der Waals surface area (Å²) in [5.74, 6) is -1.60. The Morgan fingerprint density at radius 2 is 1.37 bits per heavy atom. The van der Waals surface area contributed by atoms with Crippen LogP contribution in [0.5, 0.6) is 0 Å². The van der Waals surface area contributed by atoms with Gasteiger partial charge in [0, 0.05) is 5.69 Å². The van der Waals surface area contributed by atoms with Crippen molar-refractivity contribution in [3.05, 3.63) is 60.7 Å². The second-order valence-corrected chi connectivity index (χ2v) is 10.4. The molecule has 188 valence electrons. The summed E-state index contributed by atoms with van der Waals surface area (Å²) in [5, 5.41) is 11.1. The molecule has 0 saturated heterocycles. The number of nitrogens with one attached hydrogen (secondary N) is 1. The molecule has 0 aromatic heterocycles. The van der Waals surface area contributed by atoms with Gasteiger partial charge in [0.1, 0.15) is 10.1 Å². The molecular formula is C22H28BaN2O8S2. The van der Waals surface area contributed by atoms with Crippen molar-refractivity contribution in [2.45, 2.75) is 50.0 Å².